The molecule has 0 aromatic heterocycles. The summed E-state index contributed by atoms with van der Waals surface area (Å²) < 4.78 is 41.6. The molecule has 0 spiro atoms. The lowest BCUT2D eigenvalue weighted by atomic mass is 10.1. The number of hydrogen-bond acceptors (Lipinski definition) is 4. The van der Waals surface area contributed by atoms with Crippen LogP contribution < -0.4 is 9.62 Å². The van der Waals surface area contributed by atoms with Gasteiger partial charge in [0, 0.05) is 0 Å². The van der Waals surface area contributed by atoms with Crippen LogP contribution in [0.25, 0.3) is 0 Å². The van der Waals surface area contributed by atoms with Gasteiger partial charge in [-0.15, -0.1) is 0 Å². The zero-order chi connectivity index (χ0) is 21.9. The van der Waals surface area contributed by atoms with E-state index < -0.39 is 21.7 Å². The number of piperazine rings is 1. The fourth-order valence-electron chi connectivity index (χ4n) is 3.25. The van der Waals surface area contributed by atoms with E-state index in [1.807, 2.05) is 0 Å². The van der Waals surface area contributed by atoms with Crippen molar-refractivity contribution < 1.29 is 27.6 Å². The maximum atomic E-state index is 13.9. The third-order valence-electron chi connectivity index (χ3n) is 4.88. The normalized spacial score (nSPS) is 15.3. The molecule has 1 fully saturated rings. The van der Waals surface area contributed by atoms with Gasteiger partial charge in [-0.05, 0) is 24.3 Å². The maximum Gasteiger partial charge on any atom is 0.263 e. The zero-order valence-corrected chi connectivity index (χ0v) is 18.2. The van der Waals surface area contributed by atoms with Crippen molar-refractivity contribution in [2.45, 2.75) is 4.90 Å². The Morgan fingerprint density at radius 2 is 1.83 bits per heavy atom. The van der Waals surface area contributed by atoms with Gasteiger partial charge in [0.05, 0.1) is 54.1 Å². The minimum Gasteiger partial charge on any atom is -0.391 e. The molecule has 0 saturated carbocycles. The molecule has 1 saturated heterocycles. The first-order valence-electron chi connectivity index (χ1n) is 9.23. The molecule has 162 valence electrons. The molecule has 1 aliphatic heterocycles. The van der Waals surface area contributed by atoms with Crippen molar-refractivity contribution in [3.05, 3.63) is 57.8 Å². The molecule has 11 heteroatoms. The number of nitrogens with one attached hydrogen (secondary N) is 2. The Labute approximate surface area is 184 Å². The standard InChI is InChI=1S/C19H20Cl2FN3O4S/c20-14-12-15(21)18(30(28,29)23-17-4-2-1-3-16(17)22)11-13(14)19(27)25-7-5-24(6-8-25)9-10-26/h1-4,11-12,23,26H,5-10H2/p+1. The van der Waals surface area contributed by atoms with Crippen LogP contribution in [0.1, 0.15) is 10.4 Å². The van der Waals surface area contributed by atoms with Crippen molar-refractivity contribution in [1.29, 1.82) is 0 Å². The third-order valence-corrected chi connectivity index (χ3v) is 7.03. The number of aliphatic hydroxyl groups is 1. The van der Waals surface area contributed by atoms with Gasteiger partial charge in [-0.3, -0.25) is 9.52 Å². The molecule has 2 aromatic rings. The Balaban J connectivity index is 1.87. The van der Waals surface area contributed by atoms with E-state index in [4.69, 9.17) is 28.3 Å². The fourth-order valence-corrected chi connectivity index (χ4v) is 5.17. The number of aliphatic hydroxyl groups excluding tert-OH is 1. The quantitative estimate of drug-likeness (QED) is 0.585. The van der Waals surface area contributed by atoms with Gasteiger partial charge in [0.2, 0.25) is 0 Å². The summed E-state index contributed by atoms with van der Waals surface area (Å²) >= 11 is 12.3. The van der Waals surface area contributed by atoms with E-state index in [1.54, 1.807) is 4.90 Å². The number of hydrogen-bond donors (Lipinski definition) is 3. The minimum absolute atomic E-state index is 0.000540. The van der Waals surface area contributed by atoms with Gasteiger partial charge in [-0.2, -0.15) is 0 Å². The average Bonchev–Trinajstić information content (AvgIpc) is 2.70. The number of carbonyl (C=O) groups is 1. The van der Waals surface area contributed by atoms with Crippen LogP contribution >= 0.6 is 23.2 Å². The van der Waals surface area contributed by atoms with Gasteiger partial charge < -0.3 is 14.9 Å². The summed E-state index contributed by atoms with van der Waals surface area (Å²) in [5, 5.41) is 8.89. The summed E-state index contributed by atoms with van der Waals surface area (Å²) in [7, 11) is -4.27. The lowest BCUT2D eigenvalue weighted by molar-refractivity contribution is -0.904. The van der Waals surface area contributed by atoms with Gasteiger partial charge >= 0.3 is 0 Å². The number of para-hydroxylation sites is 1. The largest absolute Gasteiger partial charge is 0.391 e. The van der Waals surface area contributed by atoms with Crippen LogP contribution in [0.4, 0.5) is 10.1 Å². The highest BCUT2D eigenvalue weighted by molar-refractivity contribution is 7.92. The second kappa shape index (κ2) is 9.49. The Hall–Kier alpha value is -1.91. The number of amides is 1. The van der Waals surface area contributed by atoms with Crippen molar-refractivity contribution in [3.63, 3.8) is 0 Å². The van der Waals surface area contributed by atoms with E-state index in [0.717, 1.165) is 12.1 Å². The molecule has 0 bridgehead atoms. The zero-order valence-electron chi connectivity index (χ0n) is 15.9. The minimum atomic E-state index is -4.27. The van der Waals surface area contributed by atoms with Crippen molar-refractivity contribution in [2.75, 3.05) is 44.1 Å². The van der Waals surface area contributed by atoms with E-state index in [1.165, 1.54) is 29.2 Å². The number of rotatable bonds is 6. The number of sulfonamides is 1. The maximum absolute atomic E-state index is 13.9. The van der Waals surface area contributed by atoms with E-state index in [0.29, 0.717) is 32.7 Å². The molecule has 7 nitrogen and oxygen atoms in total. The van der Waals surface area contributed by atoms with E-state index in [9.17, 15) is 17.6 Å². The molecule has 2 aromatic carbocycles. The Morgan fingerprint density at radius 1 is 1.17 bits per heavy atom. The second-order valence-electron chi connectivity index (χ2n) is 6.86. The van der Waals surface area contributed by atoms with E-state index in [-0.39, 0.29) is 32.8 Å². The molecule has 0 aliphatic carbocycles. The highest BCUT2D eigenvalue weighted by Gasteiger charge is 2.28. The molecule has 1 aliphatic rings. The first-order valence-corrected chi connectivity index (χ1v) is 11.5. The highest BCUT2D eigenvalue weighted by atomic mass is 35.5. The smallest absolute Gasteiger partial charge is 0.263 e. The first kappa shape index (κ1) is 22.8. The highest BCUT2D eigenvalue weighted by Crippen LogP contribution is 2.31. The molecule has 3 N–H and O–H groups in total. The number of quaternary nitrogens is 1. The predicted molar refractivity (Wildman–Crippen MR) is 112 cm³/mol. The topological polar surface area (TPSA) is 91.2 Å². The SMILES string of the molecule is O=C(c1cc(S(=O)(=O)Nc2ccccc2F)c(Cl)cc1Cl)N1CC[NH+](CCO)CC1. The van der Waals surface area contributed by atoms with Gasteiger partial charge in [-0.25, -0.2) is 12.8 Å². The van der Waals surface area contributed by atoms with Crippen molar-refractivity contribution in [1.82, 2.24) is 4.90 Å². The summed E-state index contributed by atoms with van der Waals surface area (Å²) in [4.78, 5) is 15.3. The molecule has 3 rings (SSSR count). The van der Waals surface area contributed by atoms with Gasteiger partial charge in [-0.1, -0.05) is 35.3 Å². The predicted octanol–water partition coefficient (Wildman–Crippen LogP) is 1.27. The number of nitrogens with zero attached hydrogens (tertiary/aromatic N) is 1. The molecule has 0 unspecified atom stereocenters. The molecule has 1 amide bonds. The Bertz CT molecular complexity index is 1040. The number of halogens is 3. The van der Waals surface area contributed by atoms with Crippen LogP contribution in [0.3, 0.4) is 0 Å². The third kappa shape index (κ3) is 5.04. The number of benzene rings is 2. The Morgan fingerprint density at radius 3 is 2.47 bits per heavy atom. The summed E-state index contributed by atoms with van der Waals surface area (Å²) in [5.41, 5.74) is -0.236. The molecule has 30 heavy (non-hydrogen) atoms. The van der Waals surface area contributed by atoms with Crippen LogP contribution in [-0.4, -0.2) is 63.7 Å². The average molecular weight is 477 g/mol. The lowest BCUT2D eigenvalue weighted by Crippen LogP contribution is -3.15. The van der Waals surface area contributed by atoms with Crippen LogP contribution in [0.2, 0.25) is 10.0 Å². The van der Waals surface area contributed by atoms with E-state index in [2.05, 4.69) is 4.72 Å². The molecular weight excluding hydrogens is 456 g/mol. The van der Waals surface area contributed by atoms with Crippen LogP contribution in [-0.2, 0) is 10.0 Å². The second-order valence-corrected chi connectivity index (χ2v) is 9.33. The van der Waals surface area contributed by atoms with Crippen LogP contribution in [0, 0.1) is 5.82 Å². The van der Waals surface area contributed by atoms with E-state index >= 15 is 0 Å². The molecule has 0 radical (unpaired) electrons. The van der Waals surface area contributed by atoms with Gasteiger partial charge in [0.15, 0.2) is 0 Å². The Kier molecular flexibility index (Phi) is 7.20. The molecular formula is C19H21Cl2FN3O4S+. The molecule has 0 atom stereocenters. The summed E-state index contributed by atoms with van der Waals surface area (Å²) in [6.45, 7) is 2.90. The van der Waals surface area contributed by atoms with Crippen LogP contribution in [0.5, 0.6) is 0 Å². The lowest BCUT2D eigenvalue weighted by Gasteiger charge is -2.32. The number of anilines is 1. The monoisotopic (exact) mass is 476 g/mol. The summed E-state index contributed by atoms with van der Waals surface area (Å²) in [6.07, 6.45) is 0. The number of carbonyl (C=O) groups excluding carboxylic acids is 1. The van der Waals surface area contributed by atoms with Crippen molar-refractivity contribution >= 4 is 44.8 Å². The first-order chi connectivity index (χ1) is 14.2. The van der Waals surface area contributed by atoms with Crippen molar-refractivity contribution in [3.8, 4) is 0 Å². The van der Waals surface area contributed by atoms with Crippen LogP contribution in [0.15, 0.2) is 41.3 Å². The summed E-state index contributed by atoms with van der Waals surface area (Å²) in [6, 6.07) is 7.62. The van der Waals surface area contributed by atoms with Crippen molar-refractivity contribution in [2.24, 2.45) is 0 Å². The van der Waals surface area contributed by atoms with Gasteiger partial charge in [0.25, 0.3) is 15.9 Å². The summed E-state index contributed by atoms with van der Waals surface area (Å²) in [5.74, 6) is -1.16. The fraction of sp³-hybridized carbons (Fsp3) is 0.316. The molecule has 1 heterocycles. The van der Waals surface area contributed by atoms with Gasteiger partial charge in [0.1, 0.15) is 17.3 Å².